The monoisotopic (exact) mass is 341 g/mol. The van der Waals surface area contributed by atoms with Gasteiger partial charge >= 0.3 is 17.3 Å². The Hall–Kier alpha value is -2.06. The van der Waals surface area contributed by atoms with E-state index in [2.05, 4.69) is 9.72 Å². The number of aromatic nitrogens is 3. The molecule has 1 aromatic heterocycles. The average molecular weight is 342 g/mol. The van der Waals surface area contributed by atoms with E-state index in [0.717, 1.165) is 4.57 Å². The molecule has 1 aromatic carbocycles. The van der Waals surface area contributed by atoms with E-state index >= 15 is 0 Å². The topological polar surface area (TPSA) is 83.2 Å². The van der Waals surface area contributed by atoms with Gasteiger partial charge in [0.15, 0.2) is 5.16 Å². The molecule has 0 saturated heterocycles. The number of benzene rings is 1. The second kappa shape index (κ2) is 6.37. The Kier molecular flexibility index (Phi) is 4.72. The van der Waals surface area contributed by atoms with Crippen LogP contribution in [0, 0.1) is 0 Å². The van der Waals surface area contributed by atoms with Crippen LogP contribution in [0.15, 0.2) is 32.9 Å². The standard InChI is InChI=1S/C13H12ClN3O4S/c1-16-12(22-3)15-11(19)17(13(16)20)7-4-5-9(14)8(6-7)10(18)21-2/h4-6H,1-3H3. The zero-order chi connectivity index (χ0) is 16.4. The van der Waals surface area contributed by atoms with E-state index in [0.29, 0.717) is 5.16 Å². The first-order valence-electron chi connectivity index (χ1n) is 6.03. The zero-order valence-electron chi connectivity index (χ0n) is 12.0. The summed E-state index contributed by atoms with van der Waals surface area (Å²) in [5, 5.41) is 0.461. The largest absolute Gasteiger partial charge is 0.465 e. The smallest absolute Gasteiger partial charge is 0.358 e. The minimum atomic E-state index is -0.731. The molecule has 0 saturated carbocycles. The van der Waals surface area contributed by atoms with E-state index in [1.54, 1.807) is 6.26 Å². The van der Waals surface area contributed by atoms with Gasteiger partial charge < -0.3 is 4.74 Å². The maximum Gasteiger partial charge on any atom is 0.358 e. The Labute approximate surface area is 134 Å². The quantitative estimate of drug-likeness (QED) is 0.614. The minimum absolute atomic E-state index is 0.0598. The first kappa shape index (κ1) is 16.3. The summed E-state index contributed by atoms with van der Waals surface area (Å²) in [5.41, 5.74) is -1.05. The van der Waals surface area contributed by atoms with Crippen molar-refractivity contribution >= 4 is 29.3 Å². The van der Waals surface area contributed by atoms with E-state index < -0.39 is 17.3 Å². The van der Waals surface area contributed by atoms with E-state index in [1.165, 1.54) is 48.7 Å². The third kappa shape index (κ3) is 2.79. The maximum absolute atomic E-state index is 12.3. The van der Waals surface area contributed by atoms with Crippen LogP contribution < -0.4 is 11.4 Å². The van der Waals surface area contributed by atoms with Crippen molar-refractivity contribution in [3.63, 3.8) is 0 Å². The van der Waals surface area contributed by atoms with Crippen molar-refractivity contribution in [3.8, 4) is 5.69 Å². The normalized spacial score (nSPS) is 10.5. The molecule has 2 aromatic rings. The van der Waals surface area contributed by atoms with Gasteiger partial charge in [0.2, 0.25) is 0 Å². The highest BCUT2D eigenvalue weighted by molar-refractivity contribution is 7.98. The molecule has 0 atom stereocenters. The van der Waals surface area contributed by atoms with Gasteiger partial charge in [0, 0.05) is 7.05 Å². The predicted molar refractivity (Wildman–Crippen MR) is 83.2 cm³/mol. The van der Waals surface area contributed by atoms with Gasteiger partial charge in [-0.1, -0.05) is 23.4 Å². The molecule has 22 heavy (non-hydrogen) atoms. The van der Waals surface area contributed by atoms with E-state index in [4.69, 9.17) is 11.6 Å². The highest BCUT2D eigenvalue weighted by atomic mass is 35.5. The molecule has 0 aliphatic rings. The van der Waals surface area contributed by atoms with Crippen LogP contribution in [0.4, 0.5) is 0 Å². The van der Waals surface area contributed by atoms with Crippen molar-refractivity contribution in [2.75, 3.05) is 13.4 Å². The number of hydrogen-bond donors (Lipinski definition) is 0. The summed E-state index contributed by atoms with van der Waals surface area (Å²) in [6.45, 7) is 0. The molecule has 7 nitrogen and oxygen atoms in total. The Morgan fingerprint density at radius 3 is 2.64 bits per heavy atom. The summed E-state index contributed by atoms with van der Waals surface area (Å²) in [7, 11) is 2.72. The van der Waals surface area contributed by atoms with Crippen LogP contribution in [0.1, 0.15) is 10.4 Å². The van der Waals surface area contributed by atoms with Crippen molar-refractivity contribution in [3.05, 3.63) is 49.8 Å². The SMILES string of the molecule is COC(=O)c1cc(-n2c(=O)nc(SC)n(C)c2=O)ccc1Cl. The first-order chi connectivity index (χ1) is 10.4. The Morgan fingerprint density at radius 2 is 2.05 bits per heavy atom. The van der Waals surface area contributed by atoms with E-state index in [-0.39, 0.29) is 16.3 Å². The maximum atomic E-state index is 12.3. The number of thioether (sulfide) groups is 1. The number of hydrogen-bond acceptors (Lipinski definition) is 6. The zero-order valence-corrected chi connectivity index (χ0v) is 13.6. The number of rotatable bonds is 3. The summed E-state index contributed by atoms with van der Waals surface area (Å²) in [6.07, 6.45) is 1.71. The summed E-state index contributed by atoms with van der Waals surface area (Å²) in [6, 6.07) is 4.19. The average Bonchev–Trinajstić information content (AvgIpc) is 2.51. The lowest BCUT2D eigenvalue weighted by molar-refractivity contribution is 0.0601. The van der Waals surface area contributed by atoms with Crippen LogP contribution in [-0.4, -0.2) is 33.5 Å². The van der Waals surface area contributed by atoms with Crippen molar-refractivity contribution < 1.29 is 9.53 Å². The first-order valence-corrected chi connectivity index (χ1v) is 7.63. The van der Waals surface area contributed by atoms with Crippen molar-refractivity contribution in [1.29, 1.82) is 0 Å². The molecule has 0 N–H and O–H groups in total. The van der Waals surface area contributed by atoms with Crippen LogP contribution in [-0.2, 0) is 11.8 Å². The fourth-order valence-corrected chi connectivity index (χ4v) is 2.56. The number of methoxy groups -OCH3 is 1. The lowest BCUT2D eigenvalue weighted by atomic mass is 10.2. The third-order valence-electron chi connectivity index (χ3n) is 2.94. The van der Waals surface area contributed by atoms with Crippen LogP contribution in [0.5, 0.6) is 0 Å². The number of halogens is 1. The molecule has 0 unspecified atom stereocenters. The van der Waals surface area contributed by atoms with Crippen LogP contribution in [0.3, 0.4) is 0 Å². The molecule has 0 aliphatic carbocycles. The summed E-state index contributed by atoms with van der Waals surface area (Å²) in [5.74, 6) is -0.662. The third-order valence-corrected chi connectivity index (χ3v) is 4.00. The molecule has 0 radical (unpaired) electrons. The lowest BCUT2D eigenvalue weighted by Gasteiger charge is -2.10. The molecule has 0 bridgehead atoms. The van der Waals surface area contributed by atoms with Gasteiger partial charge in [-0.3, -0.25) is 4.57 Å². The van der Waals surface area contributed by atoms with Crippen molar-refractivity contribution in [2.45, 2.75) is 5.16 Å². The molecule has 2 rings (SSSR count). The fourth-order valence-electron chi connectivity index (χ4n) is 1.84. The summed E-state index contributed by atoms with van der Waals surface area (Å²) < 4.78 is 6.73. The summed E-state index contributed by atoms with van der Waals surface area (Å²) >= 11 is 7.11. The van der Waals surface area contributed by atoms with Gasteiger partial charge in [0.1, 0.15) is 0 Å². The molecule has 0 spiro atoms. The summed E-state index contributed by atoms with van der Waals surface area (Å²) in [4.78, 5) is 39.9. The number of nitrogens with zero attached hydrogens (tertiary/aromatic N) is 3. The van der Waals surface area contributed by atoms with Crippen LogP contribution in [0.25, 0.3) is 5.69 Å². The van der Waals surface area contributed by atoms with Gasteiger partial charge in [0.05, 0.1) is 23.4 Å². The van der Waals surface area contributed by atoms with E-state index in [1.807, 2.05) is 0 Å². The van der Waals surface area contributed by atoms with Gasteiger partial charge in [0.25, 0.3) is 0 Å². The molecular formula is C13H12ClN3O4S. The second-order valence-corrected chi connectivity index (χ2v) is 5.39. The molecule has 116 valence electrons. The van der Waals surface area contributed by atoms with E-state index in [9.17, 15) is 14.4 Å². The highest BCUT2D eigenvalue weighted by Gasteiger charge is 2.16. The Balaban J connectivity index is 2.73. The number of esters is 1. The molecule has 0 fully saturated rings. The molecule has 0 aliphatic heterocycles. The minimum Gasteiger partial charge on any atom is -0.465 e. The van der Waals surface area contributed by atoms with Crippen molar-refractivity contribution in [1.82, 2.24) is 14.1 Å². The number of ether oxygens (including phenoxy) is 1. The van der Waals surface area contributed by atoms with Crippen molar-refractivity contribution in [2.24, 2.45) is 7.05 Å². The molecule has 0 amide bonds. The molecule has 1 heterocycles. The lowest BCUT2D eigenvalue weighted by Crippen LogP contribution is -2.40. The molecular weight excluding hydrogens is 330 g/mol. The number of carbonyl (C=O) groups is 1. The fraction of sp³-hybridized carbons (Fsp3) is 0.231. The van der Waals surface area contributed by atoms with Gasteiger partial charge in [-0.05, 0) is 24.5 Å². The van der Waals surface area contributed by atoms with Gasteiger partial charge in [-0.25, -0.2) is 19.0 Å². The Morgan fingerprint density at radius 1 is 1.36 bits per heavy atom. The highest BCUT2D eigenvalue weighted by Crippen LogP contribution is 2.19. The Bertz CT molecular complexity index is 859. The predicted octanol–water partition coefficient (Wildman–Crippen LogP) is 1.09. The van der Waals surface area contributed by atoms with Gasteiger partial charge in [-0.15, -0.1) is 0 Å². The van der Waals surface area contributed by atoms with Crippen LogP contribution in [0.2, 0.25) is 5.02 Å². The van der Waals surface area contributed by atoms with Gasteiger partial charge in [-0.2, -0.15) is 4.98 Å². The second-order valence-electron chi connectivity index (χ2n) is 4.21. The molecule has 9 heteroatoms. The number of carbonyl (C=O) groups excluding carboxylic acids is 1. The van der Waals surface area contributed by atoms with Crippen LogP contribution >= 0.6 is 23.4 Å².